The van der Waals surface area contributed by atoms with Crippen molar-refractivity contribution in [3.8, 4) is 0 Å². The Kier molecular flexibility index (Phi) is 2.51. The molecule has 2 aromatic carbocycles. The van der Waals surface area contributed by atoms with Gasteiger partial charge in [-0.2, -0.15) is 0 Å². The predicted octanol–water partition coefficient (Wildman–Crippen LogP) is 5.20. The van der Waals surface area contributed by atoms with Crippen LogP contribution in [0.4, 0.5) is 11.4 Å². The molecule has 0 saturated heterocycles. The maximum Gasteiger partial charge on any atom is 0.0566 e. The van der Waals surface area contributed by atoms with Gasteiger partial charge in [-0.05, 0) is 30.3 Å². The minimum Gasteiger partial charge on any atom is -0.354 e. The normalized spacial score (nSPS) is 12.6. The molecule has 1 nitrogen and oxygen atoms in total. The van der Waals surface area contributed by atoms with Crippen LogP contribution in [0.1, 0.15) is 0 Å². The highest BCUT2D eigenvalue weighted by atomic mass is 35.5. The predicted molar refractivity (Wildman–Crippen MR) is 70.3 cm³/mol. The Bertz CT molecular complexity index is 569. The highest BCUT2D eigenvalue weighted by molar-refractivity contribution is 7.99. The van der Waals surface area contributed by atoms with Crippen LogP contribution in [-0.2, 0) is 0 Å². The van der Waals surface area contributed by atoms with E-state index < -0.39 is 0 Å². The first-order valence-corrected chi connectivity index (χ1v) is 6.34. The average molecular weight is 268 g/mol. The highest BCUT2D eigenvalue weighted by Gasteiger charge is 2.17. The van der Waals surface area contributed by atoms with Crippen molar-refractivity contribution >= 4 is 46.3 Å². The highest BCUT2D eigenvalue weighted by Crippen LogP contribution is 2.47. The average Bonchev–Trinajstić information content (AvgIpc) is 2.27. The Morgan fingerprint density at radius 2 is 1.88 bits per heavy atom. The first-order valence-electron chi connectivity index (χ1n) is 4.77. The molecule has 0 unspecified atom stereocenters. The molecule has 2 aromatic rings. The van der Waals surface area contributed by atoms with E-state index >= 15 is 0 Å². The van der Waals surface area contributed by atoms with E-state index in [-0.39, 0.29) is 0 Å². The standard InChI is InChI=1S/C12H7Cl2NS/c13-7-4-5-11-10(6-7)15-9-3-1-2-8(14)12(9)16-11/h1-6,15H. The molecule has 0 saturated carbocycles. The second-order valence-corrected chi connectivity index (χ2v) is 5.38. The van der Waals surface area contributed by atoms with E-state index in [1.807, 2.05) is 36.4 Å². The summed E-state index contributed by atoms with van der Waals surface area (Å²) >= 11 is 13.8. The van der Waals surface area contributed by atoms with E-state index in [0.717, 1.165) is 31.2 Å². The van der Waals surface area contributed by atoms with Gasteiger partial charge >= 0.3 is 0 Å². The molecule has 0 aliphatic carbocycles. The number of benzene rings is 2. The molecule has 0 fully saturated rings. The third-order valence-corrected chi connectivity index (χ3v) is 4.27. The Morgan fingerprint density at radius 3 is 2.75 bits per heavy atom. The molecule has 80 valence electrons. The van der Waals surface area contributed by atoms with E-state index in [1.54, 1.807) is 11.8 Å². The van der Waals surface area contributed by atoms with Crippen LogP contribution < -0.4 is 5.32 Å². The van der Waals surface area contributed by atoms with Crippen molar-refractivity contribution in [1.29, 1.82) is 0 Å². The van der Waals surface area contributed by atoms with E-state index in [9.17, 15) is 0 Å². The van der Waals surface area contributed by atoms with Crippen molar-refractivity contribution in [2.45, 2.75) is 9.79 Å². The summed E-state index contributed by atoms with van der Waals surface area (Å²) in [5, 5.41) is 4.84. The van der Waals surface area contributed by atoms with E-state index in [0.29, 0.717) is 0 Å². The monoisotopic (exact) mass is 267 g/mol. The molecule has 0 atom stereocenters. The number of anilines is 2. The quantitative estimate of drug-likeness (QED) is 0.601. The van der Waals surface area contributed by atoms with Gasteiger partial charge in [0.1, 0.15) is 0 Å². The minimum absolute atomic E-state index is 0.734. The molecule has 0 spiro atoms. The molecule has 1 N–H and O–H groups in total. The second-order valence-electron chi connectivity index (χ2n) is 3.48. The number of nitrogens with one attached hydrogen (secondary N) is 1. The van der Waals surface area contributed by atoms with Crippen LogP contribution in [0.2, 0.25) is 10.0 Å². The smallest absolute Gasteiger partial charge is 0.0566 e. The summed E-state index contributed by atoms with van der Waals surface area (Å²) < 4.78 is 0. The molecular formula is C12H7Cl2NS. The lowest BCUT2D eigenvalue weighted by atomic mass is 10.2. The number of fused-ring (bicyclic) bond motifs is 2. The van der Waals surface area contributed by atoms with Gasteiger partial charge < -0.3 is 5.32 Å². The molecule has 16 heavy (non-hydrogen) atoms. The zero-order valence-corrected chi connectivity index (χ0v) is 10.5. The van der Waals surface area contributed by atoms with Crippen LogP contribution in [0, 0.1) is 0 Å². The minimum atomic E-state index is 0.734. The summed E-state index contributed by atoms with van der Waals surface area (Å²) in [5.41, 5.74) is 2.07. The van der Waals surface area contributed by atoms with Crippen molar-refractivity contribution in [3.05, 3.63) is 46.4 Å². The summed E-state index contributed by atoms with van der Waals surface area (Å²) in [6, 6.07) is 11.7. The Balaban J connectivity index is 2.13. The number of rotatable bonds is 0. The SMILES string of the molecule is Clc1ccc2c(c1)Nc1cccc(Cl)c1S2. The van der Waals surface area contributed by atoms with Crippen molar-refractivity contribution in [3.63, 3.8) is 0 Å². The second kappa shape index (κ2) is 3.88. The van der Waals surface area contributed by atoms with Gasteiger partial charge in [0.15, 0.2) is 0 Å². The summed E-state index contributed by atoms with van der Waals surface area (Å²) in [6.45, 7) is 0. The van der Waals surface area contributed by atoms with Crippen LogP contribution in [-0.4, -0.2) is 0 Å². The molecule has 1 aliphatic rings. The zero-order valence-electron chi connectivity index (χ0n) is 8.13. The third-order valence-electron chi connectivity index (χ3n) is 2.39. The summed E-state index contributed by atoms with van der Waals surface area (Å²) in [4.78, 5) is 2.21. The fourth-order valence-electron chi connectivity index (χ4n) is 1.65. The van der Waals surface area contributed by atoms with Gasteiger partial charge in [0, 0.05) is 9.92 Å². The fourth-order valence-corrected chi connectivity index (χ4v) is 3.09. The van der Waals surface area contributed by atoms with Crippen molar-refractivity contribution in [1.82, 2.24) is 0 Å². The lowest BCUT2D eigenvalue weighted by molar-refractivity contribution is 1.31. The molecule has 0 amide bonds. The Morgan fingerprint density at radius 1 is 1.00 bits per heavy atom. The molecule has 0 bridgehead atoms. The van der Waals surface area contributed by atoms with Crippen LogP contribution in [0.5, 0.6) is 0 Å². The van der Waals surface area contributed by atoms with Gasteiger partial charge in [-0.15, -0.1) is 0 Å². The third kappa shape index (κ3) is 1.67. The van der Waals surface area contributed by atoms with Crippen molar-refractivity contribution < 1.29 is 0 Å². The molecule has 1 heterocycles. The molecular weight excluding hydrogens is 261 g/mol. The van der Waals surface area contributed by atoms with E-state index in [1.165, 1.54) is 0 Å². The lowest BCUT2D eigenvalue weighted by Gasteiger charge is -2.21. The topological polar surface area (TPSA) is 12.0 Å². The van der Waals surface area contributed by atoms with Crippen LogP contribution in [0.15, 0.2) is 46.2 Å². The Labute approximate surface area is 108 Å². The largest absolute Gasteiger partial charge is 0.354 e. The van der Waals surface area contributed by atoms with E-state index in [2.05, 4.69) is 5.32 Å². The number of hydrogen-bond donors (Lipinski definition) is 1. The van der Waals surface area contributed by atoms with Crippen LogP contribution in [0.3, 0.4) is 0 Å². The van der Waals surface area contributed by atoms with Gasteiger partial charge in [-0.3, -0.25) is 0 Å². The van der Waals surface area contributed by atoms with Crippen LogP contribution >= 0.6 is 35.0 Å². The lowest BCUT2D eigenvalue weighted by Crippen LogP contribution is -1.99. The number of hydrogen-bond acceptors (Lipinski definition) is 2. The molecule has 0 aromatic heterocycles. The van der Waals surface area contributed by atoms with Gasteiger partial charge in [-0.25, -0.2) is 0 Å². The van der Waals surface area contributed by atoms with Gasteiger partial charge in [-0.1, -0.05) is 41.0 Å². The fraction of sp³-hybridized carbons (Fsp3) is 0. The van der Waals surface area contributed by atoms with Crippen molar-refractivity contribution in [2.24, 2.45) is 0 Å². The summed E-state index contributed by atoms with van der Waals surface area (Å²) in [7, 11) is 0. The van der Waals surface area contributed by atoms with Gasteiger partial charge in [0.05, 0.1) is 21.3 Å². The first kappa shape index (κ1) is 10.3. The van der Waals surface area contributed by atoms with Gasteiger partial charge in [0.2, 0.25) is 0 Å². The molecule has 0 radical (unpaired) electrons. The van der Waals surface area contributed by atoms with Crippen LogP contribution in [0.25, 0.3) is 0 Å². The van der Waals surface area contributed by atoms with Crippen molar-refractivity contribution in [2.75, 3.05) is 5.32 Å². The zero-order chi connectivity index (χ0) is 11.1. The maximum atomic E-state index is 6.15. The number of halogens is 2. The summed E-state index contributed by atoms with van der Waals surface area (Å²) in [6.07, 6.45) is 0. The molecule has 4 heteroatoms. The Hall–Kier alpha value is -0.830. The summed E-state index contributed by atoms with van der Waals surface area (Å²) in [5.74, 6) is 0. The molecule has 3 rings (SSSR count). The maximum absolute atomic E-state index is 6.15. The van der Waals surface area contributed by atoms with E-state index in [4.69, 9.17) is 23.2 Å². The first-order chi connectivity index (χ1) is 7.74. The molecule has 1 aliphatic heterocycles. The van der Waals surface area contributed by atoms with Gasteiger partial charge in [0.25, 0.3) is 0 Å².